The van der Waals surface area contributed by atoms with Crippen molar-refractivity contribution in [2.45, 2.75) is 13.5 Å². The second kappa shape index (κ2) is 9.41. The van der Waals surface area contributed by atoms with Crippen LogP contribution in [0.5, 0.6) is 11.5 Å². The SMILES string of the molecule is COc1cc(OC)cc(N(CCn2ncnc2C)c2ccc3ncc(-c4cnn(C)c4)nc3c2)c1. The third kappa shape index (κ3) is 4.63. The number of hydrogen-bond donors (Lipinski definition) is 0. The van der Waals surface area contributed by atoms with Gasteiger partial charge in [-0.1, -0.05) is 0 Å². The highest BCUT2D eigenvalue weighted by Gasteiger charge is 2.15. The highest BCUT2D eigenvalue weighted by molar-refractivity contribution is 5.82. The summed E-state index contributed by atoms with van der Waals surface area (Å²) in [6, 6.07) is 11.9. The summed E-state index contributed by atoms with van der Waals surface area (Å²) in [6.45, 7) is 3.23. The zero-order chi connectivity index (χ0) is 24.4. The van der Waals surface area contributed by atoms with Gasteiger partial charge in [-0.25, -0.2) is 14.6 Å². The van der Waals surface area contributed by atoms with E-state index in [2.05, 4.69) is 25.1 Å². The number of aromatic nitrogens is 7. The Hall–Kier alpha value is -4.47. The zero-order valence-corrected chi connectivity index (χ0v) is 20.1. The van der Waals surface area contributed by atoms with E-state index in [0.717, 1.165) is 39.5 Å². The number of anilines is 2. The Labute approximate surface area is 202 Å². The first-order valence-corrected chi connectivity index (χ1v) is 11.1. The van der Waals surface area contributed by atoms with Gasteiger partial charge in [0.2, 0.25) is 0 Å². The fourth-order valence-corrected chi connectivity index (χ4v) is 3.95. The van der Waals surface area contributed by atoms with Crippen LogP contribution < -0.4 is 14.4 Å². The molecule has 0 aliphatic heterocycles. The third-order valence-corrected chi connectivity index (χ3v) is 5.83. The van der Waals surface area contributed by atoms with Gasteiger partial charge in [-0.3, -0.25) is 9.67 Å². The first-order valence-electron chi connectivity index (χ1n) is 11.1. The van der Waals surface area contributed by atoms with Gasteiger partial charge in [-0.15, -0.1) is 0 Å². The molecule has 0 bridgehead atoms. The molecule has 35 heavy (non-hydrogen) atoms. The molecule has 3 heterocycles. The van der Waals surface area contributed by atoms with E-state index in [-0.39, 0.29) is 0 Å². The molecule has 178 valence electrons. The number of rotatable bonds is 8. The van der Waals surface area contributed by atoms with E-state index >= 15 is 0 Å². The van der Waals surface area contributed by atoms with Gasteiger partial charge >= 0.3 is 0 Å². The summed E-state index contributed by atoms with van der Waals surface area (Å²) < 4.78 is 14.7. The summed E-state index contributed by atoms with van der Waals surface area (Å²) in [6.07, 6.45) is 7.06. The first kappa shape index (κ1) is 22.3. The van der Waals surface area contributed by atoms with Crippen LogP contribution in [0.2, 0.25) is 0 Å². The molecule has 0 saturated heterocycles. The zero-order valence-electron chi connectivity index (χ0n) is 20.1. The number of fused-ring (bicyclic) bond motifs is 1. The molecular formula is C25H26N8O2. The molecule has 0 unspecified atom stereocenters. The van der Waals surface area contributed by atoms with Gasteiger partial charge in [-0.05, 0) is 25.1 Å². The van der Waals surface area contributed by atoms with E-state index < -0.39 is 0 Å². The van der Waals surface area contributed by atoms with Crippen molar-refractivity contribution in [2.75, 3.05) is 25.7 Å². The molecule has 5 aromatic rings. The lowest BCUT2D eigenvalue weighted by Gasteiger charge is -2.26. The second-order valence-electron chi connectivity index (χ2n) is 8.08. The van der Waals surface area contributed by atoms with E-state index in [4.69, 9.17) is 14.5 Å². The maximum absolute atomic E-state index is 5.53. The molecule has 0 aliphatic rings. The molecule has 0 fully saturated rings. The van der Waals surface area contributed by atoms with Crippen LogP contribution in [0.15, 0.2) is 61.3 Å². The molecule has 0 spiro atoms. The third-order valence-electron chi connectivity index (χ3n) is 5.83. The van der Waals surface area contributed by atoms with Crippen molar-refractivity contribution < 1.29 is 9.47 Å². The number of nitrogens with zero attached hydrogens (tertiary/aromatic N) is 8. The van der Waals surface area contributed by atoms with Crippen LogP contribution in [-0.4, -0.2) is 55.3 Å². The summed E-state index contributed by atoms with van der Waals surface area (Å²) in [5.41, 5.74) is 5.19. The number of aryl methyl sites for hydroxylation is 2. The Balaban J connectivity index is 1.57. The lowest BCUT2D eigenvalue weighted by molar-refractivity contribution is 0.394. The van der Waals surface area contributed by atoms with Crippen LogP contribution in [0.1, 0.15) is 5.82 Å². The monoisotopic (exact) mass is 470 g/mol. The smallest absolute Gasteiger partial charge is 0.138 e. The molecule has 10 nitrogen and oxygen atoms in total. The molecule has 0 N–H and O–H groups in total. The van der Waals surface area contributed by atoms with Gasteiger partial charge in [0.15, 0.2) is 0 Å². The highest BCUT2D eigenvalue weighted by atomic mass is 16.5. The fourth-order valence-electron chi connectivity index (χ4n) is 3.95. The van der Waals surface area contributed by atoms with E-state index in [0.29, 0.717) is 24.6 Å². The highest BCUT2D eigenvalue weighted by Crippen LogP contribution is 2.34. The van der Waals surface area contributed by atoms with E-state index in [1.54, 1.807) is 37.6 Å². The van der Waals surface area contributed by atoms with Gasteiger partial charge < -0.3 is 14.4 Å². The fraction of sp³-hybridized carbons (Fsp3) is 0.240. The van der Waals surface area contributed by atoms with Crippen LogP contribution in [0.25, 0.3) is 22.3 Å². The van der Waals surface area contributed by atoms with Gasteiger partial charge in [0.05, 0.1) is 49.9 Å². The van der Waals surface area contributed by atoms with Gasteiger partial charge in [-0.2, -0.15) is 10.2 Å². The normalized spacial score (nSPS) is 11.1. The number of ether oxygens (including phenoxy) is 2. The summed E-state index contributed by atoms with van der Waals surface area (Å²) in [5.74, 6) is 2.28. The minimum absolute atomic E-state index is 0.641. The van der Waals surface area contributed by atoms with E-state index in [9.17, 15) is 0 Å². The molecule has 0 saturated carbocycles. The molecule has 0 radical (unpaired) electrons. The molecule has 2 aromatic carbocycles. The van der Waals surface area contributed by atoms with Crippen LogP contribution >= 0.6 is 0 Å². The Bertz CT molecular complexity index is 1450. The van der Waals surface area contributed by atoms with Crippen molar-refractivity contribution in [3.63, 3.8) is 0 Å². The number of hydrogen-bond acceptors (Lipinski definition) is 8. The van der Waals surface area contributed by atoms with Crippen molar-refractivity contribution in [1.29, 1.82) is 0 Å². The predicted molar refractivity (Wildman–Crippen MR) is 133 cm³/mol. The molecule has 0 amide bonds. The second-order valence-corrected chi connectivity index (χ2v) is 8.08. The van der Waals surface area contributed by atoms with Crippen molar-refractivity contribution in [1.82, 2.24) is 34.5 Å². The molecule has 0 atom stereocenters. The standard InChI is InChI=1S/C25H26N8O2/c1-17-27-16-29-33(17)8-7-32(20-9-21(34-3)12-22(10-20)35-4)19-5-6-23-24(11-19)30-25(14-26-23)18-13-28-31(2)15-18/h5-6,9-16H,7-8H2,1-4H3. The van der Waals surface area contributed by atoms with Crippen LogP contribution in [0.4, 0.5) is 11.4 Å². The first-order chi connectivity index (χ1) is 17.0. The number of benzene rings is 2. The van der Waals surface area contributed by atoms with Crippen LogP contribution in [-0.2, 0) is 13.6 Å². The van der Waals surface area contributed by atoms with E-state index in [1.807, 2.05) is 61.2 Å². The maximum atomic E-state index is 5.53. The summed E-state index contributed by atoms with van der Waals surface area (Å²) in [7, 11) is 5.17. The Morgan fingerprint density at radius 1 is 0.886 bits per heavy atom. The van der Waals surface area contributed by atoms with Crippen LogP contribution in [0.3, 0.4) is 0 Å². The Morgan fingerprint density at radius 2 is 1.69 bits per heavy atom. The van der Waals surface area contributed by atoms with Crippen molar-refractivity contribution >= 4 is 22.4 Å². The minimum atomic E-state index is 0.641. The van der Waals surface area contributed by atoms with E-state index in [1.165, 1.54) is 0 Å². The topological polar surface area (TPSA) is 96.0 Å². The summed E-state index contributed by atoms with van der Waals surface area (Å²) in [5, 5.41) is 8.59. The van der Waals surface area contributed by atoms with Crippen molar-refractivity contribution in [3.05, 3.63) is 67.1 Å². The molecule has 3 aromatic heterocycles. The molecule has 5 rings (SSSR count). The van der Waals surface area contributed by atoms with Gasteiger partial charge in [0, 0.05) is 54.9 Å². The van der Waals surface area contributed by atoms with Crippen LogP contribution in [0, 0.1) is 6.92 Å². The Morgan fingerprint density at radius 3 is 2.34 bits per heavy atom. The molecule has 0 aliphatic carbocycles. The predicted octanol–water partition coefficient (Wildman–Crippen LogP) is 3.79. The molecule has 10 heteroatoms. The maximum Gasteiger partial charge on any atom is 0.138 e. The minimum Gasteiger partial charge on any atom is -0.497 e. The summed E-state index contributed by atoms with van der Waals surface area (Å²) in [4.78, 5) is 15.9. The van der Waals surface area contributed by atoms with Crippen molar-refractivity contribution in [3.8, 4) is 22.8 Å². The summed E-state index contributed by atoms with van der Waals surface area (Å²) >= 11 is 0. The van der Waals surface area contributed by atoms with Gasteiger partial charge in [0.1, 0.15) is 23.7 Å². The largest absolute Gasteiger partial charge is 0.497 e. The van der Waals surface area contributed by atoms with Gasteiger partial charge in [0.25, 0.3) is 0 Å². The average Bonchev–Trinajstić information content (AvgIpc) is 3.51. The average molecular weight is 471 g/mol. The lowest BCUT2D eigenvalue weighted by Crippen LogP contribution is -2.23. The quantitative estimate of drug-likeness (QED) is 0.338. The molecular weight excluding hydrogens is 444 g/mol. The number of methoxy groups -OCH3 is 2. The van der Waals surface area contributed by atoms with Crippen molar-refractivity contribution in [2.24, 2.45) is 7.05 Å². The lowest BCUT2D eigenvalue weighted by atomic mass is 10.2. The Kier molecular flexibility index (Phi) is 6.01.